The number of hydrogen-bond donors (Lipinski definition) is 0. The molecule has 0 aromatic heterocycles. The molecular formula is C14H17BrN2O5. The van der Waals surface area contributed by atoms with Gasteiger partial charge in [0.05, 0.1) is 23.1 Å². The smallest absolute Gasteiger partial charge is 0.410 e. The molecule has 0 atom stereocenters. The van der Waals surface area contributed by atoms with E-state index in [1.165, 1.54) is 18.1 Å². The van der Waals surface area contributed by atoms with Gasteiger partial charge in [0, 0.05) is 12.6 Å². The number of rotatable bonds is 2. The van der Waals surface area contributed by atoms with Gasteiger partial charge in [-0.2, -0.15) is 0 Å². The Morgan fingerprint density at radius 2 is 2.05 bits per heavy atom. The van der Waals surface area contributed by atoms with Crippen molar-refractivity contribution in [1.29, 1.82) is 0 Å². The molecule has 0 radical (unpaired) electrons. The SMILES string of the molecule is COc1c([N+](=O)[O-])cc2c(c1Br)CN(C(=O)OC(C)(C)C)C2. The number of hydrogen-bond acceptors (Lipinski definition) is 5. The summed E-state index contributed by atoms with van der Waals surface area (Å²) in [5.74, 6) is 0.162. The van der Waals surface area contributed by atoms with Crippen LogP contribution in [-0.2, 0) is 17.8 Å². The zero-order valence-electron chi connectivity index (χ0n) is 12.8. The maximum atomic E-state index is 12.1. The topological polar surface area (TPSA) is 81.9 Å². The molecule has 7 nitrogen and oxygen atoms in total. The van der Waals surface area contributed by atoms with E-state index in [0.717, 1.165) is 5.56 Å². The Labute approximate surface area is 136 Å². The molecule has 0 unspecified atom stereocenters. The van der Waals surface area contributed by atoms with Crippen LogP contribution >= 0.6 is 15.9 Å². The van der Waals surface area contributed by atoms with Gasteiger partial charge in [-0.1, -0.05) is 0 Å². The molecule has 0 aliphatic carbocycles. The Morgan fingerprint density at radius 1 is 1.41 bits per heavy atom. The number of nitro benzene ring substituents is 1. The van der Waals surface area contributed by atoms with Crippen molar-refractivity contribution in [2.45, 2.75) is 39.5 Å². The Balaban J connectivity index is 2.33. The summed E-state index contributed by atoms with van der Waals surface area (Å²) in [5.41, 5.74) is 0.796. The lowest BCUT2D eigenvalue weighted by Gasteiger charge is -2.24. The Kier molecular flexibility index (Phi) is 4.32. The van der Waals surface area contributed by atoms with Gasteiger partial charge in [0.1, 0.15) is 5.60 Å². The molecule has 1 heterocycles. The molecule has 0 spiro atoms. The van der Waals surface area contributed by atoms with Crippen molar-refractivity contribution in [3.63, 3.8) is 0 Å². The lowest BCUT2D eigenvalue weighted by atomic mass is 10.1. The fourth-order valence-corrected chi connectivity index (χ4v) is 3.00. The second-order valence-corrected chi connectivity index (χ2v) is 6.77. The average molecular weight is 373 g/mol. The highest BCUT2D eigenvalue weighted by Crippen LogP contribution is 2.42. The number of nitrogens with zero attached hydrogens (tertiary/aromatic N) is 2. The van der Waals surface area contributed by atoms with Crippen LogP contribution in [0.15, 0.2) is 10.5 Å². The number of nitro groups is 1. The van der Waals surface area contributed by atoms with Gasteiger partial charge in [0.25, 0.3) is 0 Å². The van der Waals surface area contributed by atoms with Crippen molar-refractivity contribution >= 4 is 27.7 Å². The molecular weight excluding hydrogens is 356 g/mol. The molecule has 8 heteroatoms. The lowest BCUT2D eigenvalue weighted by Crippen LogP contribution is -2.33. The zero-order valence-corrected chi connectivity index (χ0v) is 14.4. The standard InChI is InChI=1S/C14H17BrN2O5/c1-14(2,3)22-13(18)16-6-8-5-10(17(19)20)12(21-4)11(15)9(8)7-16/h5H,6-7H2,1-4H3. The molecule has 2 rings (SSSR count). The van der Waals surface area contributed by atoms with E-state index < -0.39 is 16.6 Å². The van der Waals surface area contributed by atoms with Crippen LogP contribution in [0.4, 0.5) is 10.5 Å². The average Bonchev–Trinajstić information content (AvgIpc) is 2.81. The highest BCUT2D eigenvalue weighted by atomic mass is 79.9. The van der Waals surface area contributed by atoms with Gasteiger partial charge in [-0.25, -0.2) is 4.79 Å². The van der Waals surface area contributed by atoms with E-state index >= 15 is 0 Å². The van der Waals surface area contributed by atoms with Crippen molar-refractivity contribution in [2.24, 2.45) is 0 Å². The van der Waals surface area contributed by atoms with Crippen molar-refractivity contribution < 1.29 is 19.2 Å². The molecule has 1 amide bonds. The molecule has 1 aromatic carbocycles. The third-order valence-electron chi connectivity index (χ3n) is 3.16. The van der Waals surface area contributed by atoms with Crippen LogP contribution in [0.2, 0.25) is 0 Å². The highest BCUT2D eigenvalue weighted by molar-refractivity contribution is 9.10. The second kappa shape index (κ2) is 5.75. The van der Waals surface area contributed by atoms with E-state index in [4.69, 9.17) is 9.47 Å². The molecule has 0 N–H and O–H groups in total. The number of amides is 1. The Hall–Kier alpha value is -1.83. The van der Waals surface area contributed by atoms with Gasteiger partial charge in [0.2, 0.25) is 5.75 Å². The van der Waals surface area contributed by atoms with Gasteiger partial charge in [-0.3, -0.25) is 15.0 Å². The van der Waals surface area contributed by atoms with E-state index in [-0.39, 0.29) is 18.0 Å². The van der Waals surface area contributed by atoms with E-state index in [9.17, 15) is 14.9 Å². The van der Waals surface area contributed by atoms with Gasteiger partial charge in [-0.15, -0.1) is 0 Å². The normalized spacial score (nSPS) is 13.8. The van der Waals surface area contributed by atoms with Gasteiger partial charge < -0.3 is 9.47 Å². The maximum Gasteiger partial charge on any atom is 0.410 e. The Bertz CT molecular complexity index is 639. The minimum Gasteiger partial charge on any atom is -0.489 e. The minimum atomic E-state index is -0.590. The Morgan fingerprint density at radius 3 is 2.55 bits per heavy atom. The van der Waals surface area contributed by atoms with Crippen LogP contribution in [0.1, 0.15) is 31.9 Å². The molecule has 1 aromatic rings. The molecule has 0 saturated carbocycles. The third kappa shape index (κ3) is 3.16. The number of carbonyl (C=O) groups excluding carboxylic acids is 1. The predicted octanol–water partition coefficient (Wildman–Crippen LogP) is 3.62. The molecule has 0 fully saturated rings. The summed E-state index contributed by atoms with van der Waals surface area (Å²) in [5, 5.41) is 11.1. The monoisotopic (exact) mass is 372 g/mol. The van der Waals surface area contributed by atoms with Crippen LogP contribution in [0.3, 0.4) is 0 Å². The number of ether oxygens (including phenoxy) is 2. The van der Waals surface area contributed by atoms with Crippen molar-refractivity contribution in [3.8, 4) is 5.75 Å². The quantitative estimate of drug-likeness (QED) is 0.584. The van der Waals surface area contributed by atoms with E-state index in [1.54, 1.807) is 20.8 Å². The first-order valence-corrected chi connectivity index (χ1v) is 7.44. The highest BCUT2D eigenvalue weighted by Gasteiger charge is 2.33. The van der Waals surface area contributed by atoms with E-state index in [1.807, 2.05) is 0 Å². The summed E-state index contributed by atoms with van der Waals surface area (Å²) in [6.07, 6.45) is -0.447. The van der Waals surface area contributed by atoms with Crippen LogP contribution in [0, 0.1) is 10.1 Å². The number of methoxy groups -OCH3 is 1. The van der Waals surface area contributed by atoms with Crippen LogP contribution in [0.5, 0.6) is 5.75 Å². The molecule has 22 heavy (non-hydrogen) atoms. The van der Waals surface area contributed by atoms with Gasteiger partial charge in [0.15, 0.2) is 0 Å². The first-order chi connectivity index (χ1) is 10.1. The number of halogens is 1. The summed E-state index contributed by atoms with van der Waals surface area (Å²) in [6, 6.07) is 1.45. The third-order valence-corrected chi connectivity index (χ3v) is 4.00. The zero-order chi connectivity index (χ0) is 16.7. The van der Waals surface area contributed by atoms with E-state index in [0.29, 0.717) is 16.6 Å². The lowest BCUT2D eigenvalue weighted by molar-refractivity contribution is -0.385. The van der Waals surface area contributed by atoms with Gasteiger partial charge in [-0.05, 0) is 47.8 Å². The second-order valence-electron chi connectivity index (χ2n) is 5.97. The number of fused-ring (bicyclic) bond motifs is 1. The van der Waals surface area contributed by atoms with Crippen LogP contribution in [0.25, 0.3) is 0 Å². The molecule has 120 valence electrons. The molecule has 0 bridgehead atoms. The largest absolute Gasteiger partial charge is 0.489 e. The van der Waals surface area contributed by atoms with Crippen molar-refractivity contribution in [3.05, 3.63) is 31.8 Å². The van der Waals surface area contributed by atoms with E-state index in [2.05, 4.69) is 15.9 Å². The predicted molar refractivity (Wildman–Crippen MR) is 82.8 cm³/mol. The summed E-state index contributed by atoms with van der Waals surface area (Å²) < 4.78 is 11.0. The van der Waals surface area contributed by atoms with Crippen LogP contribution in [-0.4, -0.2) is 28.6 Å². The number of benzene rings is 1. The fourth-order valence-electron chi connectivity index (χ4n) is 2.26. The summed E-state index contributed by atoms with van der Waals surface area (Å²) in [7, 11) is 1.38. The first-order valence-electron chi connectivity index (χ1n) is 6.64. The molecule has 1 aliphatic heterocycles. The first kappa shape index (κ1) is 16.5. The maximum absolute atomic E-state index is 12.1. The summed E-state index contributed by atoms with van der Waals surface area (Å²) >= 11 is 3.34. The van der Waals surface area contributed by atoms with Crippen molar-refractivity contribution in [1.82, 2.24) is 4.90 Å². The fraction of sp³-hybridized carbons (Fsp3) is 0.500. The summed E-state index contributed by atoms with van der Waals surface area (Å²) in [6.45, 7) is 5.96. The van der Waals surface area contributed by atoms with Gasteiger partial charge >= 0.3 is 11.8 Å². The van der Waals surface area contributed by atoms with Crippen molar-refractivity contribution in [2.75, 3.05) is 7.11 Å². The number of carbonyl (C=O) groups is 1. The molecule has 0 saturated heterocycles. The molecule has 1 aliphatic rings. The van der Waals surface area contributed by atoms with Crippen LogP contribution < -0.4 is 4.74 Å². The summed E-state index contributed by atoms with van der Waals surface area (Å²) in [4.78, 5) is 24.3. The minimum absolute atomic E-state index is 0.126.